The first-order chi connectivity index (χ1) is 8.65. The Kier molecular flexibility index (Phi) is 3.90. The second kappa shape index (κ2) is 5.42. The van der Waals surface area contributed by atoms with Crippen LogP contribution in [0.4, 0.5) is 0 Å². The van der Waals surface area contributed by atoms with Crippen molar-refractivity contribution in [2.24, 2.45) is 0 Å². The molecule has 18 heavy (non-hydrogen) atoms. The Morgan fingerprint density at radius 2 is 2.50 bits per heavy atom. The van der Waals surface area contributed by atoms with Gasteiger partial charge in [0.15, 0.2) is 10.6 Å². The van der Waals surface area contributed by atoms with Crippen LogP contribution in [-0.2, 0) is 9.63 Å². The second-order valence-electron chi connectivity index (χ2n) is 3.55. The zero-order chi connectivity index (χ0) is 13.1. The van der Waals surface area contributed by atoms with Gasteiger partial charge in [-0.2, -0.15) is 5.10 Å². The van der Waals surface area contributed by atoms with Crippen molar-refractivity contribution >= 4 is 29.5 Å². The average molecular weight is 284 g/mol. The molecule has 0 bridgehead atoms. The molecule has 1 atom stereocenters. The number of hydrogen-bond acceptors (Lipinski definition) is 5. The van der Waals surface area contributed by atoms with Gasteiger partial charge in [-0.15, -0.1) is 11.3 Å². The van der Waals surface area contributed by atoms with Crippen molar-refractivity contribution < 1.29 is 9.63 Å². The van der Waals surface area contributed by atoms with Crippen LogP contribution in [0.15, 0.2) is 17.5 Å². The summed E-state index contributed by atoms with van der Waals surface area (Å²) in [5.74, 6) is 0.363. The van der Waals surface area contributed by atoms with Crippen LogP contribution in [0.2, 0.25) is 0 Å². The fourth-order valence-electron chi connectivity index (χ4n) is 1.55. The summed E-state index contributed by atoms with van der Waals surface area (Å²) in [4.78, 5) is 17.3. The minimum Gasteiger partial charge on any atom is -0.287 e. The van der Waals surface area contributed by atoms with Crippen molar-refractivity contribution in [2.45, 2.75) is 13.0 Å². The molecule has 0 aliphatic heterocycles. The molecule has 0 radical (unpaired) electrons. The van der Waals surface area contributed by atoms with Crippen LogP contribution < -0.4 is 5.48 Å². The molecule has 2 rings (SSSR count). The molecule has 0 saturated carbocycles. The second-order valence-corrected chi connectivity index (χ2v) is 4.88. The summed E-state index contributed by atoms with van der Waals surface area (Å²) >= 11 is 6.69. The molecular formula is C10H12N4O2S2. The highest BCUT2D eigenvalue weighted by molar-refractivity contribution is 7.71. The lowest BCUT2D eigenvalue weighted by atomic mass is 10.3. The van der Waals surface area contributed by atoms with Gasteiger partial charge in [-0.05, 0) is 30.6 Å². The molecule has 0 aliphatic carbocycles. The molecule has 0 fully saturated rings. The summed E-state index contributed by atoms with van der Waals surface area (Å²) in [6.07, 6.45) is 0. The number of nitrogens with one attached hydrogen (secondary N) is 2. The van der Waals surface area contributed by atoms with Gasteiger partial charge >= 0.3 is 0 Å². The van der Waals surface area contributed by atoms with Gasteiger partial charge in [0.25, 0.3) is 5.91 Å². The maximum atomic E-state index is 11.8. The zero-order valence-electron chi connectivity index (χ0n) is 9.84. The van der Waals surface area contributed by atoms with Crippen molar-refractivity contribution in [1.82, 2.24) is 20.2 Å². The topological polar surface area (TPSA) is 71.9 Å². The van der Waals surface area contributed by atoms with Crippen molar-refractivity contribution in [3.63, 3.8) is 0 Å². The molecule has 2 N–H and O–H groups in total. The number of hydrogen-bond donors (Lipinski definition) is 2. The van der Waals surface area contributed by atoms with E-state index in [1.807, 2.05) is 17.5 Å². The summed E-state index contributed by atoms with van der Waals surface area (Å²) < 4.78 is 2.06. The maximum Gasteiger partial charge on any atom is 0.266 e. The Labute approximate surface area is 113 Å². The van der Waals surface area contributed by atoms with E-state index in [1.54, 1.807) is 11.5 Å². The van der Waals surface area contributed by atoms with Gasteiger partial charge in [-0.1, -0.05) is 6.07 Å². The van der Waals surface area contributed by atoms with Crippen LogP contribution in [0.1, 0.15) is 13.0 Å². The standard InChI is InChI=1S/C10H12N4O2S2/c1-6(9(15)13-16-2)14-8(11-12-10(14)17)7-4-3-5-18-7/h3-6H,1-2H3,(H,12,17)(H,13,15). The Morgan fingerprint density at radius 1 is 1.72 bits per heavy atom. The van der Waals surface area contributed by atoms with Gasteiger partial charge in [-0.3, -0.25) is 19.3 Å². The van der Waals surface area contributed by atoms with E-state index in [-0.39, 0.29) is 5.91 Å². The summed E-state index contributed by atoms with van der Waals surface area (Å²) in [7, 11) is 1.39. The quantitative estimate of drug-likeness (QED) is 0.664. The molecule has 96 valence electrons. The van der Waals surface area contributed by atoms with Crippen LogP contribution in [0.25, 0.3) is 10.7 Å². The third-order valence-electron chi connectivity index (χ3n) is 2.42. The molecule has 1 unspecified atom stereocenters. The van der Waals surface area contributed by atoms with E-state index in [4.69, 9.17) is 12.2 Å². The lowest BCUT2D eigenvalue weighted by Crippen LogP contribution is -2.30. The van der Waals surface area contributed by atoms with Gasteiger partial charge in [0, 0.05) is 0 Å². The normalized spacial score (nSPS) is 12.3. The number of hydroxylamine groups is 1. The first-order valence-electron chi connectivity index (χ1n) is 5.18. The van der Waals surface area contributed by atoms with E-state index in [0.29, 0.717) is 10.6 Å². The van der Waals surface area contributed by atoms with E-state index in [9.17, 15) is 4.79 Å². The van der Waals surface area contributed by atoms with Gasteiger partial charge in [-0.25, -0.2) is 5.48 Å². The van der Waals surface area contributed by atoms with Crippen molar-refractivity contribution in [3.05, 3.63) is 22.3 Å². The van der Waals surface area contributed by atoms with Gasteiger partial charge in [0.2, 0.25) is 0 Å². The van der Waals surface area contributed by atoms with Crippen LogP contribution in [-0.4, -0.2) is 27.8 Å². The largest absolute Gasteiger partial charge is 0.287 e. The fraction of sp³-hybridized carbons (Fsp3) is 0.300. The highest BCUT2D eigenvalue weighted by atomic mass is 32.1. The van der Waals surface area contributed by atoms with Crippen LogP contribution in [0.3, 0.4) is 0 Å². The predicted octanol–water partition coefficient (Wildman–Crippen LogP) is 1.91. The lowest BCUT2D eigenvalue weighted by molar-refractivity contribution is -0.134. The molecular weight excluding hydrogens is 272 g/mol. The summed E-state index contributed by atoms with van der Waals surface area (Å²) in [5, 5.41) is 8.80. The number of aromatic amines is 1. The number of amides is 1. The van der Waals surface area contributed by atoms with Crippen molar-refractivity contribution in [3.8, 4) is 10.7 Å². The van der Waals surface area contributed by atoms with E-state index >= 15 is 0 Å². The number of aromatic nitrogens is 3. The first kappa shape index (κ1) is 12.9. The molecule has 6 nitrogen and oxygen atoms in total. The minimum absolute atomic E-state index is 0.284. The van der Waals surface area contributed by atoms with Crippen LogP contribution >= 0.6 is 23.6 Å². The number of rotatable bonds is 4. The van der Waals surface area contributed by atoms with Gasteiger partial charge in [0.05, 0.1) is 12.0 Å². The third-order valence-corrected chi connectivity index (χ3v) is 3.57. The maximum absolute atomic E-state index is 11.8. The molecule has 0 spiro atoms. The van der Waals surface area contributed by atoms with E-state index in [0.717, 1.165) is 4.88 Å². The minimum atomic E-state index is -0.506. The molecule has 0 aliphatic rings. The molecule has 0 aromatic carbocycles. The Morgan fingerprint density at radius 3 is 3.11 bits per heavy atom. The number of thiophene rings is 1. The fourth-order valence-corrected chi connectivity index (χ4v) is 2.55. The predicted molar refractivity (Wildman–Crippen MR) is 70.6 cm³/mol. The zero-order valence-corrected chi connectivity index (χ0v) is 11.5. The molecule has 2 aromatic heterocycles. The van der Waals surface area contributed by atoms with E-state index in [1.165, 1.54) is 18.4 Å². The third kappa shape index (κ3) is 2.35. The highest BCUT2D eigenvalue weighted by Gasteiger charge is 2.21. The van der Waals surface area contributed by atoms with Crippen LogP contribution in [0.5, 0.6) is 0 Å². The molecule has 8 heteroatoms. The molecule has 2 heterocycles. The number of carbonyl (C=O) groups is 1. The lowest BCUT2D eigenvalue weighted by Gasteiger charge is -2.13. The van der Waals surface area contributed by atoms with Crippen molar-refractivity contribution in [2.75, 3.05) is 7.11 Å². The van der Waals surface area contributed by atoms with Gasteiger partial charge in [0.1, 0.15) is 6.04 Å². The average Bonchev–Trinajstić information content (AvgIpc) is 2.97. The first-order valence-corrected chi connectivity index (χ1v) is 6.47. The Balaban J connectivity index is 2.42. The van der Waals surface area contributed by atoms with E-state index in [2.05, 4.69) is 20.5 Å². The monoisotopic (exact) mass is 284 g/mol. The molecule has 1 amide bonds. The van der Waals surface area contributed by atoms with E-state index < -0.39 is 6.04 Å². The SMILES string of the molecule is CONC(=O)C(C)n1c(-c2cccs2)n[nH]c1=S. The smallest absolute Gasteiger partial charge is 0.266 e. The Hall–Kier alpha value is -1.51. The highest BCUT2D eigenvalue weighted by Crippen LogP contribution is 2.25. The number of carbonyl (C=O) groups excluding carboxylic acids is 1. The molecule has 2 aromatic rings. The summed E-state index contributed by atoms with van der Waals surface area (Å²) in [6, 6.07) is 3.34. The number of H-pyrrole nitrogens is 1. The van der Waals surface area contributed by atoms with Crippen LogP contribution in [0, 0.1) is 4.77 Å². The van der Waals surface area contributed by atoms with Gasteiger partial charge < -0.3 is 0 Å². The summed E-state index contributed by atoms with van der Waals surface area (Å²) in [5.41, 5.74) is 2.29. The molecule has 0 saturated heterocycles. The van der Waals surface area contributed by atoms with Crippen molar-refractivity contribution in [1.29, 1.82) is 0 Å². The Bertz CT molecular complexity index is 587. The summed E-state index contributed by atoms with van der Waals surface area (Å²) in [6.45, 7) is 1.73. The number of nitrogens with zero attached hydrogens (tertiary/aromatic N) is 2.